The number of carbonyl (C=O) groups excluding carboxylic acids is 1. The van der Waals surface area contributed by atoms with Gasteiger partial charge in [-0.2, -0.15) is 18.4 Å². The van der Waals surface area contributed by atoms with Gasteiger partial charge in [0, 0.05) is 11.4 Å². The van der Waals surface area contributed by atoms with E-state index in [1.165, 1.54) is 30.0 Å². The smallest absolute Gasteiger partial charge is 0.422 e. The van der Waals surface area contributed by atoms with E-state index in [4.69, 9.17) is 5.26 Å². The first-order valence-corrected chi connectivity index (χ1v) is 10.3. The van der Waals surface area contributed by atoms with E-state index in [1.54, 1.807) is 17.0 Å². The van der Waals surface area contributed by atoms with Crippen molar-refractivity contribution in [1.29, 1.82) is 5.26 Å². The number of amides is 1. The van der Waals surface area contributed by atoms with Crippen LogP contribution in [0, 0.1) is 25.2 Å². The van der Waals surface area contributed by atoms with E-state index in [9.17, 15) is 18.0 Å². The average molecular weight is 461 g/mol. The number of nitrogens with one attached hydrogen (secondary N) is 1. The molecule has 1 N–H and O–H groups in total. The van der Waals surface area contributed by atoms with E-state index in [-0.39, 0.29) is 28.7 Å². The van der Waals surface area contributed by atoms with Gasteiger partial charge in [-0.3, -0.25) is 9.36 Å². The molecule has 166 valence electrons. The lowest BCUT2D eigenvalue weighted by molar-refractivity contribution is -0.153. The number of benzene rings is 2. The van der Waals surface area contributed by atoms with Crippen LogP contribution < -0.4 is 10.1 Å². The number of alkyl halides is 3. The van der Waals surface area contributed by atoms with Crippen LogP contribution in [0.3, 0.4) is 0 Å². The number of hydrogen-bond acceptors (Lipinski definition) is 6. The molecule has 0 radical (unpaired) electrons. The van der Waals surface area contributed by atoms with Gasteiger partial charge >= 0.3 is 6.18 Å². The van der Waals surface area contributed by atoms with Crippen molar-refractivity contribution in [2.24, 2.45) is 0 Å². The molecule has 2 aromatic carbocycles. The molecule has 0 spiro atoms. The minimum atomic E-state index is -4.52. The van der Waals surface area contributed by atoms with Crippen molar-refractivity contribution < 1.29 is 22.7 Å². The second kappa shape index (κ2) is 9.74. The van der Waals surface area contributed by atoms with Gasteiger partial charge in [0.1, 0.15) is 18.1 Å². The first kappa shape index (κ1) is 23.1. The van der Waals surface area contributed by atoms with Crippen LogP contribution in [-0.4, -0.2) is 39.2 Å². The fourth-order valence-electron chi connectivity index (χ4n) is 2.68. The Hall–Kier alpha value is -3.52. The number of ether oxygens (including phenoxy) is 1. The second-order valence-corrected chi connectivity index (χ2v) is 7.76. The summed E-state index contributed by atoms with van der Waals surface area (Å²) < 4.78 is 43.4. The van der Waals surface area contributed by atoms with E-state index in [0.29, 0.717) is 5.16 Å². The summed E-state index contributed by atoms with van der Waals surface area (Å²) in [6.07, 6.45) is -2.96. The second-order valence-electron chi connectivity index (χ2n) is 6.82. The predicted octanol–water partition coefficient (Wildman–Crippen LogP) is 4.43. The summed E-state index contributed by atoms with van der Waals surface area (Å²) in [4.78, 5) is 12.3. The largest absolute Gasteiger partial charge is 0.483 e. The summed E-state index contributed by atoms with van der Waals surface area (Å²) in [6.45, 7) is 2.50. The van der Waals surface area contributed by atoms with Crippen LogP contribution in [0.1, 0.15) is 16.7 Å². The Morgan fingerprint density at radius 1 is 1.22 bits per heavy atom. The third-order valence-corrected chi connectivity index (χ3v) is 5.34. The minimum absolute atomic E-state index is 0.0117. The SMILES string of the molecule is Cc1ccc(-n2cnnc2SCC(=O)Nc2ccc(OCC(F)(F)F)c(C#N)c2)cc1C. The molecule has 0 bridgehead atoms. The van der Waals surface area contributed by atoms with Crippen LogP contribution in [0.15, 0.2) is 47.9 Å². The molecule has 1 aromatic heterocycles. The topological polar surface area (TPSA) is 92.8 Å². The van der Waals surface area contributed by atoms with Crippen LogP contribution in [0.5, 0.6) is 5.75 Å². The number of nitrogens with zero attached hydrogens (tertiary/aromatic N) is 4. The number of halogens is 3. The van der Waals surface area contributed by atoms with Crippen molar-refractivity contribution in [2.75, 3.05) is 17.7 Å². The quantitative estimate of drug-likeness (QED) is 0.524. The lowest BCUT2D eigenvalue weighted by atomic mass is 10.1. The monoisotopic (exact) mass is 461 g/mol. The summed E-state index contributed by atoms with van der Waals surface area (Å²) in [7, 11) is 0. The molecular weight excluding hydrogens is 443 g/mol. The lowest BCUT2D eigenvalue weighted by Crippen LogP contribution is -2.19. The normalized spacial score (nSPS) is 11.1. The van der Waals surface area contributed by atoms with Gasteiger partial charge in [-0.15, -0.1) is 10.2 Å². The molecule has 1 heterocycles. The maximum Gasteiger partial charge on any atom is 0.422 e. The number of rotatable bonds is 7. The molecule has 0 aliphatic rings. The summed E-state index contributed by atoms with van der Waals surface area (Å²) in [6, 6.07) is 11.5. The highest BCUT2D eigenvalue weighted by atomic mass is 32.2. The molecule has 0 aliphatic heterocycles. The Kier molecular flexibility index (Phi) is 7.05. The van der Waals surface area contributed by atoms with Crippen LogP contribution in [-0.2, 0) is 4.79 Å². The molecule has 0 fully saturated rings. The first-order chi connectivity index (χ1) is 15.2. The van der Waals surface area contributed by atoms with Crippen LogP contribution in [0.25, 0.3) is 5.69 Å². The van der Waals surface area contributed by atoms with Crippen LogP contribution in [0.4, 0.5) is 18.9 Å². The van der Waals surface area contributed by atoms with Gasteiger partial charge in [0.2, 0.25) is 5.91 Å². The van der Waals surface area contributed by atoms with Gasteiger partial charge in [-0.05, 0) is 55.3 Å². The number of carbonyl (C=O) groups is 1. The highest BCUT2D eigenvalue weighted by molar-refractivity contribution is 7.99. The molecule has 32 heavy (non-hydrogen) atoms. The highest BCUT2D eigenvalue weighted by Gasteiger charge is 2.29. The van der Waals surface area contributed by atoms with Gasteiger partial charge < -0.3 is 10.1 Å². The summed E-state index contributed by atoms with van der Waals surface area (Å²) in [5.41, 5.74) is 3.29. The van der Waals surface area contributed by atoms with E-state index >= 15 is 0 Å². The highest BCUT2D eigenvalue weighted by Crippen LogP contribution is 2.26. The minimum Gasteiger partial charge on any atom is -0.483 e. The number of thioether (sulfide) groups is 1. The standard InChI is InChI=1S/C21H18F3N5O2S/c1-13-3-5-17(7-14(13)2)29-12-26-28-20(29)32-10-19(30)27-16-4-6-18(15(8-16)9-25)31-11-21(22,23)24/h3-8,12H,10-11H2,1-2H3,(H,27,30). The molecule has 0 atom stereocenters. The molecule has 0 saturated heterocycles. The zero-order chi connectivity index (χ0) is 23.3. The Morgan fingerprint density at radius 2 is 2.00 bits per heavy atom. The van der Waals surface area contributed by atoms with Crippen molar-refractivity contribution in [3.8, 4) is 17.5 Å². The molecule has 0 aliphatic carbocycles. The zero-order valence-corrected chi connectivity index (χ0v) is 17.9. The maximum absolute atomic E-state index is 12.3. The van der Waals surface area contributed by atoms with Crippen molar-refractivity contribution >= 4 is 23.4 Å². The predicted molar refractivity (Wildman–Crippen MR) is 113 cm³/mol. The fourth-order valence-corrected chi connectivity index (χ4v) is 3.41. The summed E-state index contributed by atoms with van der Waals surface area (Å²) in [5, 5.41) is 20.3. The van der Waals surface area contributed by atoms with E-state index in [0.717, 1.165) is 16.8 Å². The van der Waals surface area contributed by atoms with E-state index in [1.807, 2.05) is 32.0 Å². The summed E-state index contributed by atoms with van der Waals surface area (Å²) >= 11 is 1.17. The Labute approximate surface area is 186 Å². The molecule has 0 unspecified atom stereocenters. The van der Waals surface area contributed by atoms with Crippen molar-refractivity contribution in [3.05, 3.63) is 59.4 Å². The zero-order valence-electron chi connectivity index (χ0n) is 17.1. The van der Waals surface area contributed by atoms with Crippen molar-refractivity contribution in [1.82, 2.24) is 14.8 Å². The molecular formula is C21H18F3N5O2S. The number of aryl methyl sites for hydroxylation is 2. The number of aromatic nitrogens is 3. The van der Waals surface area contributed by atoms with E-state index in [2.05, 4.69) is 20.3 Å². The molecule has 3 rings (SSSR count). The van der Waals surface area contributed by atoms with Crippen LogP contribution >= 0.6 is 11.8 Å². The van der Waals surface area contributed by atoms with Gasteiger partial charge in [-0.25, -0.2) is 0 Å². The summed E-state index contributed by atoms with van der Waals surface area (Å²) in [5.74, 6) is -0.575. The Balaban J connectivity index is 1.63. The maximum atomic E-state index is 12.3. The van der Waals surface area contributed by atoms with Gasteiger partial charge in [0.05, 0.1) is 11.3 Å². The Bertz CT molecular complexity index is 1170. The lowest BCUT2D eigenvalue weighted by Gasteiger charge is -2.12. The molecule has 0 saturated carbocycles. The molecule has 3 aromatic rings. The van der Waals surface area contributed by atoms with Crippen molar-refractivity contribution in [2.45, 2.75) is 25.2 Å². The third kappa shape index (κ3) is 6.01. The molecule has 1 amide bonds. The van der Waals surface area contributed by atoms with Gasteiger partial charge in [-0.1, -0.05) is 17.8 Å². The Morgan fingerprint density at radius 3 is 2.69 bits per heavy atom. The molecule has 11 heteroatoms. The van der Waals surface area contributed by atoms with Crippen LogP contribution in [0.2, 0.25) is 0 Å². The van der Waals surface area contributed by atoms with Gasteiger partial charge in [0.25, 0.3) is 0 Å². The van der Waals surface area contributed by atoms with Crippen molar-refractivity contribution in [3.63, 3.8) is 0 Å². The number of hydrogen-bond donors (Lipinski definition) is 1. The fraction of sp³-hybridized carbons (Fsp3) is 0.238. The number of anilines is 1. The third-order valence-electron chi connectivity index (χ3n) is 4.39. The first-order valence-electron chi connectivity index (χ1n) is 9.30. The number of nitriles is 1. The molecule has 7 nitrogen and oxygen atoms in total. The van der Waals surface area contributed by atoms with Gasteiger partial charge in [0.15, 0.2) is 11.8 Å². The average Bonchev–Trinajstić information content (AvgIpc) is 3.21. The van der Waals surface area contributed by atoms with E-state index < -0.39 is 12.8 Å².